The van der Waals surface area contributed by atoms with Crippen LogP contribution in [0.3, 0.4) is 0 Å². The van der Waals surface area contributed by atoms with Gasteiger partial charge in [0.1, 0.15) is 0 Å². The Balaban J connectivity index is 1.65. The minimum Gasteiger partial charge on any atom is -0.396 e. The van der Waals surface area contributed by atoms with Crippen molar-refractivity contribution in [3.63, 3.8) is 0 Å². The molecule has 0 bridgehead atoms. The number of hydrogen-bond acceptors (Lipinski definition) is 3. The lowest BCUT2D eigenvalue weighted by molar-refractivity contribution is -0.130. The molecule has 5 nitrogen and oxygen atoms in total. The lowest BCUT2D eigenvalue weighted by Crippen LogP contribution is -2.30. The number of rotatable bonds is 6. The van der Waals surface area contributed by atoms with Crippen LogP contribution in [0, 0.1) is 5.92 Å². The number of halogens is 1. The zero-order valence-corrected chi connectivity index (χ0v) is 13.2. The molecule has 1 saturated heterocycles. The van der Waals surface area contributed by atoms with E-state index in [9.17, 15) is 9.59 Å². The first-order chi connectivity index (χ1) is 10.6. The Bertz CT molecular complexity index is 519. The summed E-state index contributed by atoms with van der Waals surface area (Å²) < 4.78 is 0. The average molecular weight is 325 g/mol. The molecule has 0 radical (unpaired) electrons. The summed E-state index contributed by atoms with van der Waals surface area (Å²) in [7, 11) is 0. The van der Waals surface area contributed by atoms with Gasteiger partial charge in [0.25, 0.3) is 5.91 Å². The minimum atomic E-state index is -0.161. The van der Waals surface area contributed by atoms with Crippen molar-refractivity contribution < 1.29 is 14.7 Å². The van der Waals surface area contributed by atoms with Gasteiger partial charge in [-0.15, -0.1) is 0 Å². The zero-order valence-electron chi connectivity index (χ0n) is 12.4. The fourth-order valence-electron chi connectivity index (χ4n) is 2.51. The summed E-state index contributed by atoms with van der Waals surface area (Å²) in [5.74, 6) is 0.149. The number of aliphatic hydroxyl groups is 1. The monoisotopic (exact) mass is 324 g/mol. The molecule has 1 aliphatic heterocycles. The Morgan fingerprint density at radius 2 is 2.05 bits per heavy atom. The third-order valence-corrected chi connectivity index (χ3v) is 4.11. The lowest BCUT2D eigenvalue weighted by Gasteiger charge is -2.16. The summed E-state index contributed by atoms with van der Waals surface area (Å²) in [6.45, 7) is 1.97. The number of amides is 2. The molecule has 0 aromatic heterocycles. The zero-order chi connectivity index (χ0) is 15.9. The number of nitrogens with one attached hydrogen (secondary N) is 1. The standard InChI is InChI=1S/C16H21ClN2O3/c17-14-5-3-13(4-6-14)16(22)18-8-1-2-15(21)19-9-7-12(10-19)11-20/h3-6,12,20H,1-2,7-11H2,(H,18,22). The molecule has 120 valence electrons. The highest BCUT2D eigenvalue weighted by Crippen LogP contribution is 2.16. The molecule has 1 unspecified atom stereocenters. The van der Waals surface area contributed by atoms with Crippen LogP contribution in [0.5, 0.6) is 0 Å². The van der Waals surface area contributed by atoms with Crippen LogP contribution in [-0.2, 0) is 4.79 Å². The van der Waals surface area contributed by atoms with Gasteiger partial charge in [-0.3, -0.25) is 9.59 Å². The predicted molar refractivity (Wildman–Crippen MR) is 84.8 cm³/mol. The molecule has 6 heteroatoms. The molecule has 1 heterocycles. The van der Waals surface area contributed by atoms with Crippen LogP contribution in [0.15, 0.2) is 24.3 Å². The number of carbonyl (C=O) groups is 2. The number of carbonyl (C=O) groups excluding carboxylic acids is 2. The van der Waals surface area contributed by atoms with Gasteiger partial charge in [-0.1, -0.05) is 11.6 Å². The first-order valence-electron chi connectivity index (χ1n) is 7.52. The van der Waals surface area contributed by atoms with E-state index in [-0.39, 0.29) is 24.3 Å². The van der Waals surface area contributed by atoms with Gasteiger partial charge < -0.3 is 15.3 Å². The Labute approximate surface area is 135 Å². The number of hydrogen-bond donors (Lipinski definition) is 2. The van der Waals surface area contributed by atoms with E-state index < -0.39 is 0 Å². The van der Waals surface area contributed by atoms with Crippen LogP contribution in [0.2, 0.25) is 5.02 Å². The highest BCUT2D eigenvalue weighted by atomic mass is 35.5. The summed E-state index contributed by atoms with van der Waals surface area (Å²) in [5.41, 5.74) is 0.557. The number of nitrogens with zero attached hydrogens (tertiary/aromatic N) is 1. The van der Waals surface area contributed by atoms with Crippen molar-refractivity contribution in [2.45, 2.75) is 19.3 Å². The normalized spacial score (nSPS) is 17.5. The van der Waals surface area contributed by atoms with Crippen molar-refractivity contribution in [3.05, 3.63) is 34.9 Å². The molecule has 1 fully saturated rings. The van der Waals surface area contributed by atoms with Crippen LogP contribution in [-0.4, -0.2) is 48.1 Å². The fourth-order valence-corrected chi connectivity index (χ4v) is 2.64. The number of likely N-dealkylation sites (tertiary alicyclic amines) is 1. The second kappa shape index (κ2) is 8.15. The Hall–Kier alpha value is -1.59. The van der Waals surface area contributed by atoms with Crippen molar-refractivity contribution in [3.8, 4) is 0 Å². The van der Waals surface area contributed by atoms with E-state index in [2.05, 4.69) is 5.32 Å². The van der Waals surface area contributed by atoms with E-state index in [0.717, 1.165) is 13.0 Å². The summed E-state index contributed by atoms with van der Waals surface area (Å²) >= 11 is 5.77. The second-order valence-electron chi connectivity index (χ2n) is 5.54. The molecule has 2 amide bonds. The first kappa shape index (κ1) is 16.8. The molecule has 22 heavy (non-hydrogen) atoms. The van der Waals surface area contributed by atoms with Crippen molar-refractivity contribution in [2.75, 3.05) is 26.2 Å². The summed E-state index contributed by atoms with van der Waals surface area (Å²) in [4.78, 5) is 25.6. The maximum Gasteiger partial charge on any atom is 0.251 e. The third-order valence-electron chi connectivity index (χ3n) is 3.86. The smallest absolute Gasteiger partial charge is 0.251 e. The van der Waals surface area contributed by atoms with Crippen LogP contribution in [0.4, 0.5) is 0 Å². The highest BCUT2D eigenvalue weighted by molar-refractivity contribution is 6.30. The van der Waals surface area contributed by atoms with Gasteiger partial charge in [0.2, 0.25) is 5.91 Å². The topological polar surface area (TPSA) is 69.6 Å². The van der Waals surface area contributed by atoms with Gasteiger partial charge in [0.15, 0.2) is 0 Å². The average Bonchev–Trinajstić information content (AvgIpc) is 3.01. The van der Waals surface area contributed by atoms with E-state index in [0.29, 0.717) is 36.5 Å². The van der Waals surface area contributed by atoms with E-state index >= 15 is 0 Å². The van der Waals surface area contributed by atoms with Crippen LogP contribution >= 0.6 is 11.6 Å². The second-order valence-corrected chi connectivity index (χ2v) is 5.98. The quantitative estimate of drug-likeness (QED) is 0.782. The first-order valence-corrected chi connectivity index (χ1v) is 7.90. The lowest BCUT2D eigenvalue weighted by atomic mass is 10.1. The molecule has 1 aromatic carbocycles. The summed E-state index contributed by atoms with van der Waals surface area (Å²) in [6, 6.07) is 6.68. The SMILES string of the molecule is O=C(NCCCC(=O)N1CCC(CO)C1)c1ccc(Cl)cc1. The van der Waals surface area contributed by atoms with Crippen LogP contribution in [0.25, 0.3) is 0 Å². The van der Waals surface area contributed by atoms with Gasteiger partial charge in [-0.2, -0.15) is 0 Å². The van der Waals surface area contributed by atoms with Crippen LogP contribution in [0.1, 0.15) is 29.6 Å². The summed E-state index contributed by atoms with van der Waals surface area (Å²) in [6.07, 6.45) is 1.90. The third kappa shape index (κ3) is 4.71. The molecule has 1 atom stereocenters. The van der Waals surface area contributed by atoms with Gasteiger partial charge in [-0.05, 0) is 37.1 Å². The maximum absolute atomic E-state index is 12.0. The predicted octanol–water partition coefficient (Wildman–Crippen LogP) is 1.69. The van der Waals surface area contributed by atoms with Gasteiger partial charge in [0.05, 0.1) is 0 Å². The van der Waals surface area contributed by atoms with Crippen molar-refractivity contribution in [1.29, 1.82) is 0 Å². The molecule has 2 rings (SSSR count). The molecule has 0 spiro atoms. The minimum absolute atomic E-state index is 0.0942. The molecular weight excluding hydrogens is 304 g/mol. The Morgan fingerprint density at radius 3 is 2.68 bits per heavy atom. The van der Waals surface area contributed by atoms with Gasteiger partial charge in [-0.25, -0.2) is 0 Å². The molecule has 1 aromatic rings. The molecular formula is C16H21ClN2O3. The molecule has 0 saturated carbocycles. The largest absolute Gasteiger partial charge is 0.396 e. The fraction of sp³-hybridized carbons (Fsp3) is 0.500. The van der Waals surface area contributed by atoms with Crippen molar-refractivity contribution in [1.82, 2.24) is 10.2 Å². The van der Waals surface area contributed by atoms with Crippen molar-refractivity contribution in [2.24, 2.45) is 5.92 Å². The van der Waals surface area contributed by atoms with Crippen LogP contribution < -0.4 is 5.32 Å². The highest BCUT2D eigenvalue weighted by Gasteiger charge is 2.24. The molecule has 2 N–H and O–H groups in total. The van der Waals surface area contributed by atoms with E-state index in [1.54, 1.807) is 29.2 Å². The summed E-state index contributed by atoms with van der Waals surface area (Å²) in [5, 5.41) is 12.5. The van der Waals surface area contributed by atoms with Crippen molar-refractivity contribution >= 4 is 23.4 Å². The van der Waals surface area contributed by atoms with Gasteiger partial charge in [0, 0.05) is 49.2 Å². The number of aliphatic hydroxyl groups excluding tert-OH is 1. The Kier molecular flexibility index (Phi) is 6.21. The van der Waals surface area contributed by atoms with E-state index in [1.807, 2.05) is 0 Å². The molecule has 0 aliphatic carbocycles. The number of benzene rings is 1. The van der Waals surface area contributed by atoms with E-state index in [4.69, 9.17) is 16.7 Å². The van der Waals surface area contributed by atoms with E-state index in [1.165, 1.54) is 0 Å². The maximum atomic E-state index is 12.0. The van der Waals surface area contributed by atoms with Gasteiger partial charge >= 0.3 is 0 Å². The molecule has 1 aliphatic rings. The Morgan fingerprint density at radius 1 is 1.32 bits per heavy atom.